The standard InChI is InChI=1S/C12H24N2O/c1-4-8-14(5-2)12(15)11-6-7-13-10(3)9-11/h10-11,13H,4-9H2,1-3H3/t10-,11-/m0/s1. The van der Waals surface area contributed by atoms with Crippen LogP contribution in [-0.2, 0) is 4.79 Å². The number of hydrogen-bond acceptors (Lipinski definition) is 2. The van der Waals surface area contributed by atoms with Crippen LogP contribution in [0.4, 0.5) is 0 Å². The predicted octanol–water partition coefficient (Wildman–Crippen LogP) is 1.63. The molecule has 1 amide bonds. The Morgan fingerprint density at radius 1 is 1.47 bits per heavy atom. The largest absolute Gasteiger partial charge is 0.343 e. The van der Waals surface area contributed by atoms with Crippen molar-refractivity contribution in [1.29, 1.82) is 0 Å². The zero-order valence-electron chi connectivity index (χ0n) is 10.3. The van der Waals surface area contributed by atoms with Gasteiger partial charge in [-0.1, -0.05) is 6.92 Å². The molecule has 0 unspecified atom stereocenters. The van der Waals surface area contributed by atoms with Crippen molar-refractivity contribution in [3.05, 3.63) is 0 Å². The van der Waals surface area contributed by atoms with Gasteiger partial charge in [-0.3, -0.25) is 4.79 Å². The van der Waals surface area contributed by atoms with Crippen LogP contribution >= 0.6 is 0 Å². The molecular weight excluding hydrogens is 188 g/mol. The number of piperidine rings is 1. The maximum atomic E-state index is 12.2. The van der Waals surface area contributed by atoms with Crippen LogP contribution in [0.5, 0.6) is 0 Å². The van der Waals surface area contributed by atoms with E-state index >= 15 is 0 Å². The molecule has 1 rings (SSSR count). The van der Waals surface area contributed by atoms with Crippen LogP contribution in [0.1, 0.15) is 40.0 Å². The van der Waals surface area contributed by atoms with Crippen LogP contribution in [0, 0.1) is 5.92 Å². The van der Waals surface area contributed by atoms with E-state index in [4.69, 9.17) is 0 Å². The van der Waals surface area contributed by atoms with E-state index < -0.39 is 0 Å². The summed E-state index contributed by atoms with van der Waals surface area (Å²) in [6.07, 6.45) is 3.06. The first kappa shape index (κ1) is 12.5. The molecule has 0 bridgehead atoms. The highest BCUT2D eigenvalue weighted by atomic mass is 16.2. The van der Waals surface area contributed by atoms with Gasteiger partial charge >= 0.3 is 0 Å². The number of carbonyl (C=O) groups is 1. The lowest BCUT2D eigenvalue weighted by Crippen LogP contribution is -2.44. The molecule has 3 nitrogen and oxygen atoms in total. The maximum Gasteiger partial charge on any atom is 0.225 e. The smallest absolute Gasteiger partial charge is 0.225 e. The Balaban J connectivity index is 2.49. The van der Waals surface area contributed by atoms with Gasteiger partial charge < -0.3 is 10.2 Å². The topological polar surface area (TPSA) is 32.3 Å². The average molecular weight is 212 g/mol. The molecule has 1 saturated heterocycles. The number of hydrogen-bond donors (Lipinski definition) is 1. The third-order valence-electron chi connectivity index (χ3n) is 3.16. The molecule has 0 saturated carbocycles. The van der Waals surface area contributed by atoms with Crippen LogP contribution in [0.2, 0.25) is 0 Å². The third kappa shape index (κ3) is 3.49. The second-order valence-corrected chi connectivity index (χ2v) is 4.49. The van der Waals surface area contributed by atoms with E-state index in [0.29, 0.717) is 11.9 Å². The van der Waals surface area contributed by atoms with Crippen LogP contribution in [0.15, 0.2) is 0 Å². The summed E-state index contributed by atoms with van der Waals surface area (Å²) >= 11 is 0. The predicted molar refractivity (Wildman–Crippen MR) is 62.7 cm³/mol. The SMILES string of the molecule is CCCN(CC)C(=O)[C@H]1CCN[C@@H](C)C1. The lowest BCUT2D eigenvalue weighted by Gasteiger charge is -2.31. The van der Waals surface area contributed by atoms with E-state index in [-0.39, 0.29) is 5.92 Å². The fourth-order valence-corrected chi connectivity index (χ4v) is 2.31. The Morgan fingerprint density at radius 2 is 2.20 bits per heavy atom. The fraction of sp³-hybridized carbons (Fsp3) is 0.917. The Hall–Kier alpha value is -0.570. The summed E-state index contributed by atoms with van der Waals surface area (Å²) < 4.78 is 0. The molecule has 0 spiro atoms. The number of nitrogens with one attached hydrogen (secondary N) is 1. The molecule has 0 aromatic carbocycles. The first-order chi connectivity index (χ1) is 7.19. The minimum absolute atomic E-state index is 0.257. The molecule has 2 atom stereocenters. The highest BCUT2D eigenvalue weighted by molar-refractivity contribution is 5.79. The average Bonchev–Trinajstić information content (AvgIpc) is 2.25. The van der Waals surface area contributed by atoms with Crippen molar-refractivity contribution >= 4 is 5.91 Å². The zero-order chi connectivity index (χ0) is 11.3. The molecule has 1 aliphatic rings. The summed E-state index contributed by atoms with van der Waals surface area (Å²) in [5.41, 5.74) is 0. The van der Waals surface area contributed by atoms with Crippen molar-refractivity contribution in [3.63, 3.8) is 0 Å². The molecule has 15 heavy (non-hydrogen) atoms. The number of amides is 1. The number of carbonyl (C=O) groups excluding carboxylic acids is 1. The Labute approximate surface area is 93.2 Å². The first-order valence-corrected chi connectivity index (χ1v) is 6.21. The number of rotatable bonds is 4. The van der Waals surface area contributed by atoms with E-state index in [1.54, 1.807) is 0 Å². The van der Waals surface area contributed by atoms with Crippen molar-refractivity contribution in [1.82, 2.24) is 10.2 Å². The minimum atomic E-state index is 0.257. The lowest BCUT2D eigenvalue weighted by molar-refractivity contribution is -0.136. The summed E-state index contributed by atoms with van der Waals surface area (Å²) in [5, 5.41) is 3.39. The van der Waals surface area contributed by atoms with Crippen molar-refractivity contribution in [3.8, 4) is 0 Å². The van der Waals surface area contributed by atoms with E-state index in [1.807, 2.05) is 4.90 Å². The Kier molecular flexibility index (Phi) is 5.09. The highest BCUT2D eigenvalue weighted by Crippen LogP contribution is 2.18. The summed E-state index contributed by atoms with van der Waals surface area (Å²) in [7, 11) is 0. The Morgan fingerprint density at radius 3 is 2.73 bits per heavy atom. The van der Waals surface area contributed by atoms with Crippen LogP contribution < -0.4 is 5.32 Å². The second-order valence-electron chi connectivity index (χ2n) is 4.49. The highest BCUT2D eigenvalue weighted by Gasteiger charge is 2.27. The molecule has 0 aromatic heterocycles. The maximum absolute atomic E-state index is 12.2. The fourth-order valence-electron chi connectivity index (χ4n) is 2.31. The van der Waals surface area contributed by atoms with Gasteiger partial charge in [-0.05, 0) is 39.7 Å². The molecule has 1 aliphatic heterocycles. The number of nitrogens with zero attached hydrogens (tertiary/aromatic N) is 1. The van der Waals surface area contributed by atoms with Crippen LogP contribution in [0.25, 0.3) is 0 Å². The summed E-state index contributed by atoms with van der Waals surface area (Å²) in [5.74, 6) is 0.625. The van der Waals surface area contributed by atoms with E-state index in [0.717, 1.165) is 38.9 Å². The molecule has 0 radical (unpaired) electrons. The van der Waals surface area contributed by atoms with Crippen molar-refractivity contribution in [2.24, 2.45) is 5.92 Å². The van der Waals surface area contributed by atoms with Gasteiger partial charge in [0.15, 0.2) is 0 Å². The van der Waals surface area contributed by atoms with E-state index in [9.17, 15) is 4.79 Å². The van der Waals surface area contributed by atoms with E-state index in [2.05, 4.69) is 26.1 Å². The Bertz CT molecular complexity index is 206. The first-order valence-electron chi connectivity index (χ1n) is 6.21. The summed E-state index contributed by atoms with van der Waals surface area (Å²) in [4.78, 5) is 14.2. The summed E-state index contributed by atoms with van der Waals surface area (Å²) in [6, 6.07) is 0.494. The van der Waals surface area contributed by atoms with Gasteiger partial charge in [-0.15, -0.1) is 0 Å². The summed E-state index contributed by atoms with van der Waals surface area (Å²) in [6.45, 7) is 9.11. The van der Waals surface area contributed by atoms with Crippen molar-refractivity contribution in [2.75, 3.05) is 19.6 Å². The molecule has 1 N–H and O–H groups in total. The monoisotopic (exact) mass is 212 g/mol. The van der Waals surface area contributed by atoms with Gasteiger partial charge in [-0.25, -0.2) is 0 Å². The normalized spacial score (nSPS) is 26.3. The van der Waals surface area contributed by atoms with Crippen LogP contribution in [-0.4, -0.2) is 36.5 Å². The molecule has 0 aromatic rings. The third-order valence-corrected chi connectivity index (χ3v) is 3.16. The molecule has 88 valence electrons. The van der Waals surface area contributed by atoms with Crippen molar-refractivity contribution < 1.29 is 4.79 Å². The van der Waals surface area contributed by atoms with E-state index in [1.165, 1.54) is 0 Å². The molecule has 3 heteroatoms. The molecule has 1 heterocycles. The van der Waals surface area contributed by atoms with Gasteiger partial charge in [0, 0.05) is 25.0 Å². The molecule has 0 aliphatic carbocycles. The van der Waals surface area contributed by atoms with Gasteiger partial charge in [0.05, 0.1) is 0 Å². The minimum Gasteiger partial charge on any atom is -0.343 e. The van der Waals surface area contributed by atoms with Gasteiger partial charge in [0.1, 0.15) is 0 Å². The van der Waals surface area contributed by atoms with Gasteiger partial charge in [-0.2, -0.15) is 0 Å². The zero-order valence-corrected chi connectivity index (χ0v) is 10.3. The molecular formula is C12H24N2O. The molecule has 1 fully saturated rings. The van der Waals surface area contributed by atoms with Gasteiger partial charge in [0.25, 0.3) is 0 Å². The van der Waals surface area contributed by atoms with Gasteiger partial charge in [0.2, 0.25) is 5.91 Å². The lowest BCUT2D eigenvalue weighted by atomic mass is 9.92. The van der Waals surface area contributed by atoms with Crippen LogP contribution in [0.3, 0.4) is 0 Å². The van der Waals surface area contributed by atoms with Crippen molar-refractivity contribution in [2.45, 2.75) is 46.1 Å². The second kappa shape index (κ2) is 6.11. The quantitative estimate of drug-likeness (QED) is 0.768.